The van der Waals surface area contributed by atoms with Crippen molar-refractivity contribution < 1.29 is 8.85 Å². The first-order valence-electron chi connectivity index (χ1n) is 12.0. The molecule has 1 aromatic carbocycles. The van der Waals surface area contributed by atoms with Crippen LogP contribution < -0.4 is 4.46 Å². The van der Waals surface area contributed by atoms with Crippen molar-refractivity contribution in [3.05, 3.63) is 54.0 Å². The Morgan fingerprint density at radius 2 is 1.31 bits per heavy atom. The zero-order valence-electron chi connectivity index (χ0n) is 22.1. The van der Waals surface area contributed by atoms with Crippen LogP contribution >= 0.6 is 0 Å². The molecule has 1 fully saturated rings. The summed E-state index contributed by atoms with van der Waals surface area (Å²) in [6.07, 6.45) is 5.78. The Balaban J connectivity index is 2.35. The van der Waals surface area contributed by atoms with E-state index in [9.17, 15) is 0 Å². The van der Waals surface area contributed by atoms with Crippen LogP contribution in [0.5, 0.6) is 0 Å². The number of hydrogen-bond donors (Lipinski definition) is 0. The standard InChI is InChI=1S/C27H46O2SeSi2/c1-12-21-20-22(18-19-30-23-16-14-13-15-17-23)25(29-32(10,11)27(5,6)7)24(21)28-31(8,9)26(2,3)4/h12-19,21-22,24-25H,1,20H2,2-11H3/b19-18-. The monoisotopic (exact) mass is 538 g/mol. The summed E-state index contributed by atoms with van der Waals surface area (Å²) in [6, 6.07) is 10.8. The predicted octanol–water partition coefficient (Wildman–Crippen LogP) is 7.13. The molecule has 2 nitrogen and oxygen atoms in total. The Kier molecular flexibility index (Phi) is 9.09. The molecule has 0 bridgehead atoms. The van der Waals surface area contributed by atoms with Crippen molar-refractivity contribution in [1.82, 2.24) is 0 Å². The molecule has 1 aromatic rings. The van der Waals surface area contributed by atoms with Gasteiger partial charge >= 0.3 is 207 Å². The molecule has 1 aliphatic rings. The fourth-order valence-corrected chi connectivity index (χ4v) is 7.81. The van der Waals surface area contributed by atoms with Crippen molar-refractivity contribution >= 4 is 36.1 Å². The molecule has 5 heteroatoms. The predicted molar refractivity (Wildman–Crippen MR) is 147 cm³/mol. The van der Waals surface area contributed by atoms with Crippen LogP contribution in [0.1, 0.15) is 48.0 Å². The normalized spacial score (nSPS) is 25.4. The molecular formula is C27H46O2SeSi2. The average molecular weight is 538 g/mol. The summed E-state index contributed by atoms with van der Waals surface area (Å²) in [6.45, 7) is 27.6. The number of hydrogen-bond acceptors (Lipinski definition) is 2. The average Bonchev–Trinajstić information content (AvgIpc) is 2.96. The second kappa shape index (κ2) is 10.5. The Bertz CT molecular complexity index is 775. The van der Waals surface area contributed by atoms with E-state index in [0.717, 1.165) is 6.42 Å². The van der Waals surface area contributed by atoms with E-state index in [0.29, 0.717) is 26.8 Å². The summed E-state index contributed by atoms with van der Waals surface area (Å²) >= 11 is 0.338. The molecule has 0 aliphatic heterocycles. The van der Waals surface area contributed by atoms with Gasteiger partial charge in [0.2, 0.25) is 0 Å². The molecule has 180 valence electrons. The van der Waals surface area contributed by atoms with Crippen molar-refractivity contribution in [2.24, 2.45) is 11.8 Å². The SMILES string of the molecule is C=CC1CC(/C=C\[Se]c2ccccc2)C(O[Si](C)(C)C(C)(C)C)C1O[Si](C)(C)C(C)(C)C. The molecule has 2 rings (SSSR count). The first kappa shape index (κ1) is 27.8. The first-order valence-corrected chi connectivity index (χ1v) is 19.6. The molecule has 0 heterocycles. The fraction of sp³-hybridized carbons (Fsp3) is 0.630. The third-order valence-electron chi connectivity index (χ3n) is 7.76. The molecule has 0 amide bonds. The quantitative estimate of drug-likeness (QED) is 0.259. The molecule has 4 unspecified atom stereocenters. The van der Waals surface area contributed by atoms with Crippen molar-refractivity contribution in [2.45, 2.75) is 96.4 Å². The van der Waals surface area contributed by atoms with Gasteiger partial charge in [0, 0.05) is 0 Å². The third-order valence-corrected chi connectivity index (χ3v) is 18.5. The second-order valence-electron chi connectivity index (χ2n) is 12.2. The van der Waals surface area contributed by atoms with Gasteiger partial charge in [0.25, 0.3) is 0 Å². The van der Waals surface area contributed by atoms with Crippen molar-refractivity contribution in [3.63, 3.8) is 0 Å². The van der Waals surface area contributed by atoms with Crippen LogP contribution in [0.4, 0.5) is 0 Å². The van der Waals surface area contributed by atoms with E-state index in [1.54, 1.807) is 0 Å². The molecule has 4 atom stereocenters. The molecule has 0 saturated heterocycles. The third kappa shape index (κ3) is 6.80. The van der Waals surface area contributed by atoms with Crippen LogP contribution in [-0.4, -0.2) is 43.8 Å². The van der Waals surface area contributed by atoms with Crippen LogP contribution in [-0.2, 0) is 8.85 Å². The zero-order chi connectivity index (χ0) is 24.4. The van der Waals surface area contributed by atoms with E-state index in [-0.39, 0.29) is 22.3 Å². The summed E-state index contributed by atoms with van der Waals surface area (Å²) < 4.78 is 15.6. The Labute approximate surface area is 206 Å². The van der Waals surface area contributed by atoms with Gasteiger partial charge in [-0.25, -0.2) is 0 Å². The molecule has 0 spiro atoms. The maximum absolute atomic E-state index is 7.13. The second-order valence-corrected chi connectivity index (χ2v) is 23.8. The molecule has 0 N–H and O–H groups in total. The van der Waals surface area contributed by atoms with E-state index in [4.69, 9.17) is 8.85 Å². The van der Waals surface area contributed by atoms with Gasteiger partial charge < -0.3 is 0 Å². The van der Waals surface area contributed by atoms with E-state index >= 15 is 0 Å². The Hall–Kier alpha value is -0.427. The minimum absolute atomic E-state index is 0.0846. The Morgan fingerprint density at radius 3 is 1.75 bits per heavy atom. The summed E-state index contributed by atoms with van der Waals surface area (Å²) in [5.74, 6) is 0.699. The molecule has 32 heavy (non-hydrogen) atoms. The van der Waals surface area contributed by atoms with E-state index in [1.165, 1.54) is 4.46 Å². The van der Waals surface area contributed by atoms with Gasteiger partial charge in [0.1, 0.15) is 0 Å². The number of benzene rings is 1. The maximum atomic E-state index is 7.13. The van der Waals surface area contributed by atoms with Crippen molar-refractivity contribution in [2.75, 3.05) is 0 Å². The molecule has 0 radical (unpaired) electrons. The van der Waals surface area contributed by atoms with E-state index < -0.39 is 16.6 Å². The van der Waals surface area contributed by atoms with Crippen LogP contribution in [0.25, 0.3) is 0 Å². The van der Waals surface area contributed by atoms with Crippen LogP contribution in [0, 0.1) is 11.8 Å². The van der Waals surface area contributed by atoms with E-state index in [1.807, 2.05) is 0 Å². The van der Waals surface area contributed by atoms with Gasteiger partial charge in [-0.05, 0) is 0 Å². The van der Waals surface area contributed by atoms with Crippen LogP contribution in [0.3, 0.4) is 0 Å². The van der Waals surface area contributed by atoms with Gasteiger partial charge in [0.15, 0.2) is 0 Å². The van der Waals surface area contributed by atoms with Crippen molar-refractivity contribution in [3.8, 4) is 0 Å². The van der Waals surface area contributed by atoms with Gasteiger partial charge in [0.05, 0.1) is 0 Å². The van der Waals surface area contributed by atoms with Crippen LogP contribution in [0.15, 0.2) is 54.0 Å². The first-order chi connectivity index (χ1) is 14.6. The molecular weight excluding hydrogens is 491 g/mol. The zero-order valence-corrected chi connectivity index (χ0v) is 25.8. The molecule has 0 aromatic heterocycles. The molecule has 1 aliphatic carbocycles. The van der Waals surface area contributed by atoms with Crippen molar-refractivity contribution in [1.29, 1.82) is 0 Å². The fourth-order valence-electron chi connectivity index (χ4n) is 3.55. The van der Waals surface area contributed by atoms with E-state index in [2.05, 4.69) is 122 Å². The topological polar surface area (TPSA) is 18.5 Å². The number of rotatable bonds is 8. The summed E-state index contributed by atoms with van der Waals surface area (Å²) in [5, 5.41) is 0.341. The minimum atomic E-state index is -1.95. The molecule has 1 saturated carbocycles. The van der Waals surface area contributed by atoms with Gasteiger partial charge in [-0.2, -0.15) is 0 Å². The van der Waals surface area contributed by atoms with Gasteiger partial charge in [-0.3, -0.25) is 0 Å². The Morgan fingerprint density at radius 1 is 0.844 bits per heavy atom. The summed E-state index contributed by atoms with van der Waals surface area (Å²) in [4.78, 5) is 2.39. The van der Waals surface area contributed by atoms with Gasteiger partial charge in [-0.15, -0.1) is 0 Å². The summed E-state index contributed by atoms with van der Waals surface area (Å²) in [5.41, 5.74) is 0. The van der Waals surface area contributed by atoms with Gasteiger partial charge in [-0.1, -0.05) is 0 Å². The van der Waals surface area contributed by atoms with Crippen LogP contribution in [0.2, 0.25) is 36.3 Å². The summed E-state index contributed by atoms with van der Waals surface area (Å²) in [7, 11) is -3.89.